The van der Waals surface area contributed by atoms with Crippen molar-refractivity contribution in [2.24, 2.45) is 0 Å². The summed E-state index contributed by atoms with van der Waals surface area (Å²) in [6.07, 6.45) is 1.84. The largest absolute Gasteiger partial charge is 0.369 e. The van der Waals surface area contributed by atoms with Gasteiger partial charge in [0.2, 0.25) is 5.95 Å². The summed E-state index contributed by atoms with van der Waals surface area (Å²) in [5.41, 5.74) is 4.21. The smallest absolute Gasteiger partial charge is 0.229 e. The van der Waals surface area contributed by atoms with Crippen LogP contribution in [0.4, 0.5) is 28.8 Å². The van der Waals surface area contributed by atoms with E-state index in [0.717, 1.165) is 53.8 Å². The number of anilines is 5. The molecule has 174 valence electrons. The minimum atomic E-state index is 0.417. The minimum Gasteiger partial charge on any atom is -0.369 e. The Kier molecular flexibility index (Phi) is 7.69. The average Bonchev–Trinajstić information content (AvgIpc) is 2.81. The molecule has 7 nitrogen and oxygen atoms in total. The number of benzene rings is 2. The monoisotopic (exact) mass is 463 g/mol. The number of aryl methyl sites for hydroxylation is 1. The van der Waals surface area contributed by atoms with E-state index in [0.29, 0.717) is 12.0 Å². The molecule has 0 amide bonds. The van der Waals surface area contributed by atoms with Crippen molar-refractivity contribution in [3.05, 3.63) is 60.3 Å². The van der Waals surface area contributed by atoms with Gasteiger partial charge in [-0.15, -0.1) is 0 Å². The van der Waals surface area contributed by atoms with Crippen LogP contribution in [0.3, 0.4) is 0 Å². The summed E-state index contributed by atoms with van der Waals surface area (Å²) in [4.78, 5) is 15.1. The van der Waals surface area contributed by atoms with Crippen LogP contribution in [-0.4, -0.2) is 54.1 Å². The SMILES string of the molecule is Cc1cnc(Nc2ccc(N3CCN(C)CC3)cc2)nc1Nc1cccc(SNC(C)C)c1. The highest BCUT2D eigenvalue weighted by atomic mass is 32.2. The first-order valence-corrected chi connectivity index (χ1v) is 12.2. The maximum atomic E-state index is 4.72. The van der Waals surface area contributed by atoms with E-state index in [9.17, 15) is 0 Å². The van der Waals surface area contributed by atoms with Gasteiger partial charge < -0.3 is 20.4 Å². The number of hydrogen-bond acceptors (Lipinski definition) is 8. The summed E-state index contributed by atoms with van der Waals surface area (Å²) in [6.45, 7) is 10.6. The number of piperazine rings is 1. The Morgan fingerprint density at radius 3 is 2.42 bits per heavy atom. The third-order valence-corrected chi connectivity index (χ3v) is 6.55. The average molecular weight is 464 g/mol. The van der Waals surface area contributed by atoms with Gasteiger partial charge in [-0.3, -0.25) is 4.72 Å². The van der Waals surface area contributed by atoms with Crippen LogP contribution in [0.1, 0.15) is 19.4 Å². The molecule has 33 heavy (non-hydrogen) atoms. The van der Waals surface area contributed by atoms with Crippen LogP contribution in [-0.2, 0) is 0 Å². The third kappa shape index (κ3) is 6.60. The molecule has 4 rings (SSSR count). The van der Waals surface area contributed by atoms with Crippen molar-refractivity contribution in [3.8, 4) is 0 Å². The van der Waals surface area contributed by atoms with Crippen molar-refractivity contribution in [2.75, 3.05) is 48.8 Å². The van der Waals surface area contributed by atoms with Gasteiger partial charge in [0, 0.05) is 65.9 Å². The lowest BCUT2D eigenvalue weighted by molar-refractivity contribution is 0.313. The quantitative estimate of drug-likeness (QED) is 0.402. The Balaban J connectivity index is 1.42. The van der Waals surface area contributed by atoms with Gasteiger partial charge in [0.1, 0.15) is 5.82 Å². The Morgan fingerprint density at radius 2 is 1.70 bits per heavy atom. The van der Waals surface area contributed by atoms with Crippen molar-refractivity contribution in [2.45, 2.75) is 31.7 Å². The highest BCUT2D eigenvalue weighted by Gasteiger charge is 2.14. The molecule has 3 aromatic rings. The predicted octanol–water partition coefficient (Wildman–Crippen LogP) is 5.03. The zero-order valence-electron chi connectivity index (χ0n) is 19.8. The maximum absolute atomic E-state index is 4.72. The molecule has 1 aliphatic heterocycles. The molecule has 2 heterocycles. The zero-order valence-corrected chi connectivity index (χ0v) is 20.6. The molecule has 0 bridgehead atoms. The first kappa shape index (κ1) is 23.4. The number of nitrogens with one attached hydrogen (secondary N) is 3. The van der Waals surface area contributed by atoms with Crippen molar-refractivity contribution in [1.29, 1.82) is 0 Å². The van der Waals surface area contributed by atoms with E-state index >= 15 is 0 Å². The normalized spacial score (nSPS) is 14.5. The fraction of sp³-hybridized carbons (Fsp3) is 0.360. The van der Waals surface area contributed by atoms with E-state index in [1.165, 1.54) is 5.69 Å². The molecular weight excluding hydrogens is 430 g/mol. The molecule has 0 atom stereocenters. The van der Waals surface area contributed by atoms with Gasteiger partial charge in [-0.2, -0.15) is 4.98 Å². The van der Waals surface area contributed by atoms with E-state index < -0.39 is 0 Å². The van der Waals surface area contributed by atoms with Crippen LogP contribution in [0.15, 0.2) is 59.6 Å². The molecular formula is C25H33N7S. The molecule has 0 radical (unpaired) electrons. The van der Waals surface area contributed by atoms with Crippen LogP contribution in [0.2, 0.25) is 0 Å². The molecule has 0 aliphatic carbocycles. The number of likely N-dealkylation sites (N-methyl/N-ethyl adjacent to an activating group) is 1. The van der Waals surface area contributed by atoms with Crippen molar-refractivity contribution < 1.29 is 0 Å². The van der Waals surface area contributed by atoms with Crippen molar-refractivity contribution >= 4 is 40.8 Å². The first-order chi connectivity index (χ1) is 16.0. The summed E-state index contributed by atoms with van der Waals surface area (Å²) < 4.78 is 3.38. The topological polar surface area (TPSA) is 68.4 Å². The Morgan fingerprint density at radius 1 is 0.939 bits per heavy atom. The van der Waals surface area contributed by atoms with Crippen LogP contribution >= 0.6 is 11.9 Å². The van der Waals surface area contributed by atoms with Crippen molar-refractivity contribution in [1.82, 2.24) is 19.6 Å². The third-order valence-electron chi connectivity index (χ3n) is 5.47. The maximum Gasteiger partial charge on any atom is 0.229 e. The summed E-state index contributed by atoms with van der Waals surface area (Å²) in [5, 5.41) is 6.77. The number of hydrogen-bond donors (Lipinski definition) is 3. The predicted molar refractivity (Wildman–Crippen MR) is 140 cm³/mol. The molecule has 0 saturated carbocycles. The van der Waals surface area contributed by atoms with Gasteiger partial charge in [-0.25, -0.2) is 4.98 Å². The highest BCUT2D eigenvalue weighted by molar-refractivity contribution is 7.97. The van der Waals surface area contributed by atoms with Gasteiger partial charge in [-0.05, 0) is 82.2 Å². The van der Waals surface area contributed by atoms with Gasteiger partial charge in [0.05, 0.1) is 0 Å². The number of nitrogens with zero attached hydrogens (tertiary/aromatic N) is 4. The Bertz CT molecular complexity index is 1050. The van der Waals surface area contributed by atoms with Gasteiger partial charge in [-0.1, -0.05) is 6.07 Å². The lowest BCUT2D eigenvalue weighted by atomic mass is 10.2. The fourth-order valence-electron chi connectivity index (χ4n) is 3.54. The molecule has 0 unspecified atom stereocenters. The minimum absolute atomic E-state index is 0.417. The van der Waals surface area contributed by atoms with Crippen LogP contribution in [0, 0.1) is 6.92 Å². The van der Waals surface area contributed by atoms with Gasteiger partial charge in [0.15, 0.2) is 0 Å². The van der Waals surface area contributed by atoms with Gasteiger partial charge in [0.25, 0.3) is 0 Å². The van der Waals surface area contributed by atoms with E-state index in [4.69, 9.17) is 4.98 Å². The van der Waals surface area contributed by atoms with E-state index in [1.54, 1.807) is 11.9 Å². The van der Waals surface area contributed by atoms with Gasteiger partial charge >= 0.3 is 0 Å². The second-order valence-electron chi connectivity index (χ2n) is 8.71. The molecule has 1 aliphatic rings. The molecule has 1 saturated heterocycles. The van der Waals surface area contributed by atoms with Crippen LogP contribution < -0.4 is 20.3 Å². The highest BCUT2D eigenvalue weighted by Crippen LogP contribution is 2.25. The van der Waals surface area contributed by atoms with Crippen LogP contribution in [0.25, 0.3) is 0 Å². The molecule has 0 spiro atoms. The number of rotatable bonds is 8. The number of aromatic nitrogens is 2. The molecule has 1 fully saturated rings. The van der Waals surface area contributed by atoms with Crippen LogP contribution in [0.5, 0.6) is 0 Å². The van der Waals surface area contributed by atoms with E-state index in [1.807, 2.05) is 25.3 Å². The molecule has 8 heteroatoms. The van der Waals surface area contributed by atoms with E-state index in [-0.39, 0.29) is 0 Å². The Hall–Kier alpha value is -2.81. The molecule has 1 aromatic heterocycles. The van der Waals surface area contributed by atoms with E-state index in [2.05, 4.69) is 87.4 Å². The second kappa shape index (κ2) is 10.9. The summed E-state index contributed by atoms with van der Waals surface area (Å²) >= 11 is 1.63. The lowest BCUT2D eigenvalue weighted by Crippen LogP contribution is -2.44. The molecule has 2 aromatic carbocycles. The second-order valence-corrected chi connectivity index (χ2v) is 9.63. The molecule has 3 N–H and O–H groups in total. The first-order valence-electron chi connectivity index (χ1n) is 11.4. The lowest BCUT2D eigenvalue weighted by Gasteiger charge is -2.34. The standard InChI is InChI=1S/C25H33N7S/c1-18(2)30-33-23-7-5-6-21(16-23)27-24-19(3)17-26-25(29-24)28-20-8-10-22(11-9-20)32-14-12-31(4)13-15-32/h5-11,16-18,30H,12-15H2,1-4H3,(H2,26,27,28,29). The van der Waals surface area contributed by atoms with Crippen molar-refractivity contribution in [3.63, 3.8) is 0 Å². The summed E-state index contributed by atoms with van der Waals surface area (Å²) in [6, 6.07) is 17.2. The summed E-state index contributed by atoms with van der Waals surface area (Å²) in [5.74, 6) is 1.36. The Labute approximate surface area is 201 Å². The fourth-order valence-corrected chi connectivity index (χ4v) is 4.24. The summed E-state index contributed by atoms with van der Waals surface area (Å²) in [7, 11) is 2.18. The zero-order chi connectivity index (χ0) is 23.2.